The second kappa shape index (κ2) is 6.80. The second-order valence-electron chi connectivity index (χ2n) is 4.26. The fourth-order valence-electron chi connectivity index (χ4n) is 1.86. The molecule has 0 bridgehead atoms. The first-order valence-corrected chi connectivity index (χ1v) is 6.69. The number of nitrogens with one attached hydrogen (secondary N) is 1. The van der Waals surface area contributed by atoms with Crippen molar-refractivity contribution in [3.63, 3.8) is 0 Å². The van der Waals surface area contributed by atoms with Gasteiger partial charge in [0.05, 0.1) is 6.61 Å². The number of anilines is 1. The van der Waals surface area contributed by atoms with Gasteiger partial charge in [0.1, 0.15) is 0 Å². The highest BCUT2D eigenvalue weighted by atomic mass is 35.5. The Kier molecular flexibility index (Phi) is 5.08. The highest BCUT2D eigenvalue weighted by molar-refractivity contribution is 6.35. The molecule has 0 saturated carbocycles. The molecule has 2 rings (SSSR count). The maximum Gasteiger partial charge on any atom is 0.0713 e. The summed E-state index contributed by atoms with van der Waals surface area (Å²) in [5.74, 6) is 0. The molecule has 0 amide bonds. The first-order chi connectivity index (χ1) is 9.17. The van der Waals surface area contributed by atoms with Crippen LogP contribution in [0.4, 0.5) is 5.69 Å². The summed E-state index contributed by atoms with van der Waals surface area (Å²) < 4.78 is 5.12. The van der Waals surface area contributed by atoms with E-state index in [0.29, 0.717) is 23.2 Å². The molecule has 0 aliphatic carbocycles. The summed E-state index contributed by atoms with van der Waals surface area (Å²) in [6.07, 6.45) is 0. The minimum absolute atomic E-state index is 0.622. The van der Waals surface area contributed by atoms with Gasteiger partial charge < -0.3 is 10.1 Å². The van der Waals surface area contributed by atoms with Gasteiger partial charge in [-0.1, -0.05) is 47.5 Å². The van der Waals surface area contributed by atoms with Crippen molar-refractivity contribution in [1.29, 1.82) is 0 Å². The fraction of sp³-hybridized carbons (Fsp3) is 0.200. The Bertz CT molecular complexity index is 537. The Morgan fingerprint density at radius 2 is 1.68 bits per heavy atom. The number of hydrogen-bond donors (Lipinski definition) is 1. The number of ether oxygens (including phenoxy) is 1. The number of methoxy groups -OCH3 is 1. The third-order valence-corrected chi connectivity index (χ3v) is 3.10. The summed E-state index contributed by atoms with van der Waals surface area (Å²) in [5.41, 5.74) is 3.26. The van der Waals surface area contributed by atoms with E-state index in [0.717, 1.165) is 11.3 Å². The van der Waals surface area contributed by atoms with Gasteiger partial charge in [-0.05, 0) is 29.3 Å². The summed E-state index contributed by atoms with van der Waals surface area (Å²) in [6.45, 7) is 1.34. The van der Waals surface area contributed by atoms with Crippen molar-refractivity contribution in [1.82, 2.24) is 0 Å². The van der Waals surface area contributed by atoms with Gasteiger partial charge in [0.25, 0.3) is 0 Å². The van der Waals surface area contributed by atoms with Crippen LogP contribution in [-0.4, -0.2) is 7.11 Å². The van der Waals surface area contributed by atoms with Crippen LogP contribution in [0.15, 0.2) is 42.5 Å². The predicted molar refractivity (Wildman–Crippen MR) is 80.9 cm³/mol. The average Bonchev–Trinajstić information content (AvgIpc) is 2.36. The lowest BCUT2D eigenvalue weighted by Crippen LogP contribution is -2.00. The zero-order chi connectivity index (χ0) is 13.7. The number of benzene rings is 2. The van der Waals surface area contributed by atoms with E-state index in [1.54, 1.807) is 13.2 Å². The molecule has 19 heavy (non-hydrogen) atoms. The molecule has 0 radical (unpaired) electrons. The summed E-state index contributed by atoms with van der Waals surface area (Å²) in [4.78, 5) is 0. The maximum atomic E-state index is 5.96. The number of halogens is 2. The molecule has 100 valence electrons. The van der Waals surface area contributed by atoms with Crippen LogP contribution in [0, 0.1) is 0 Å². The molecule has 0 fully saturated rings. The van der Waals surface area contributed by atoms with Gasteiger partial charge in [0.2, 0.25) is 0 Å². The molecule has 0 aliphatic heterocycles. The quantitative estimate of drug-likeness (QED) is 0.859. The Hall–Kier alpha value is -1.22. The largest absolute Gasteiger partial charge is 0.381 e. The van der Waals surface area contributed by atoms with Gasteiger partial charge >= 0.3 is 0 Å². The summed E-state index contributed by atoms with van der Waals surface area (Å²) in [6, 6.07) is 13.7. The van der Waals surface area contributed by atoms with Crippen molar-refractivity contribution in [2.75, 3.05) is 12.4 Å². The standard InChI is InChI=1S/C15H15Cl2NO/c1-19-10-12-4-2-3-11(5-12)9-18-15-7-13(16)6-14(17)8-15/h2-8,18H,9-10H2,1H3. The second-order valence-corrected chi connectivity index (χ2v) is 5.14. The minimum atomic E-state index is 0.622. The van der Waals surface area contributed by atoms with E-state index < -0.39 is 0 Å². The fourth-order valence-corrected chi connectivity index (χ4v) is 2.38. The minimum Gasteiger partial charge on any atom is -0.381 e. The first kappa shape index (κ1) is 14.2. The third-order valence-electron chi connectivity index (χ3n) is 2.66. The predicted octanol–water partition coefficient (Wildman–Crippen LogP) is 4.75. The molecule has 1 N–H and O–H groups in total. The van der Waals surface area contributed by atoms with Crippen LogP contribution in [0.25, 0.3) is 0 Å². The first-order valence-electron chi connectivity index (χ1n) is 5.94. The molecule has 0 heterocycles. The zero-order valence-corrected chi connectivity index (χ0v) is 12.1. The van der Waals surface area contributed by atoms with Crippen LogP contribution in [0.1, 0.15) is 11.1 Å². The van der Waals surface area contributed by atoms with Crippen molar-refractivity contribution in [3.05, 3.63) is 63.6 Å². The van der Waals surface area contributed by atoms with E-state index in [1.807, 2.05) is 24.3 Å². The molecule has 0 saturated heterocycles. The molecular weight excluding hydrogens is 281 g/mol. The maximum absolute atomic E-state index is 5.96. The SMILES string of the molecule is COCc1cccc(CNc2cc(Cl)cc(Cl)c2)c1. The van der Waals surface area contributed by atoms with E-state index in [-0.39, 0.29) is 0 Å². The molecular formula is C15H15Cl2NO. The van der Waals surface area contributed by atoms with Crippen molar-refractivity contribution in [2.24, 2.45) is 0 Å². The van der Waals surface area contributed by atoms with Gasteiger partial charge in [-0.25, -0.2) is 0 Å². The number of hydrogen-bond acceptors (Lipinski definition) is 2. The molecule has 4 heteroatoms. The molecule has 0 aliphatic rings. The van der Waals surface area contributed by atoms with E-state index >= 15 is 0 Å². The Morgan fingerprint density at radius 1 is 1.00 bits per heavy atom. The van der Waals surface area contributed by atoms with Crippen LogP contribution in [0.2, 0.25) is 10.0 Å². The van der Waals surface area contributed by atoms with Crippen LogP contribution in [0.3, 0.4) is 0 Å². The normalized spacial score (nSPS) is 10.5. The van der Waals surface area contributed by atoms with Crippen LogP contribution >= 0.6 is 23.2 Å². The van der Waals surface area contributed by atoms with E-state index in [4.69, 9.17) is 27.9 Å². The summed E-state index contributed by atoms with van der Waals surface area (Å²) in [5, 5.41) is 4.56. The Morgan fingerprint density at radius 3 is 2.37 bits per heavy atom. The zero-order valence-electron chi connectivity index (χ0n) is 10.6. The lowest BCUT2D eigenvalue weighted by atomic mass is 10.1. The number of rotatable bonds is 5. The van der Waals surface area contributed by atoms with E-state index in [2.05, 4.69) is 17.4 Å². The van der Waals surface area contributed by atoms with Crippen molar-refractivity contribution >= 4 is 28.9 Å². The van der Waals surface area contributed by atoms with Crippen molar-refractivity contribution in [2.45, 2.75) is 13.2 Å². The highest BCUT2D eigenvalue weighted by Gasteiger charge is 1.99. The van der Waals surface area contributed by atoms with Gasteiger partial charge in [0.15, 0.2) is 0 Å². The molecule has 0 aromatic heterocycles. The van der Waals surface area contributed by atoms with Crippen molar-refractivity contribution < 1.29 is 4.74 Å². The molecule has 2 nitrogen and oxygen atoms in total. The lowest BCUT2D eigenvalue weighted by molar-refractivity contribution is 0.185. The Balaban J connectivity index is 2.03. The highest BCUT2D eigenvalue weighted by Crippen LogP contribution is 2.23. The van der Waals surface area contributed by atoms with E-state index in [9.17, 15) is 0 Å². The molecule has 0 unspecified atom stereocenters. The van der Waals surface area contributed by atoms with E-state index in [1.165, 1.54) is 5.56 Å². The average molecular weight is 296 g/mol. The Labute approximate surface area is 123 Å². The van der Waals surface area contributed by atoms with Gasteiger partial charge in [-0.15, -0.1) is 0 Å². The van der Waals surface area contributed by atoms with Gasteiger partial charge in [-0.3, -0.25) is 0 Å². The molecule has 0 spiro atoms. The van der Waals surface area contributed by atoms with Gasteiger partial charge in [0, 0.05) is 29.4 Å². The summed E-state index contributed by atoms with van der Waals surface area (Å²) >= 11 is 11.9. The topological polar surface area (TPSA) is 21.3 Å². The lowest BCUT2D eigenvalue weighted by Gasteiger charge is -2.09. The van der Waals surface area contributed by atoms with Crippen LogP contribution in [-0.2, 0) is 17.9 Å². The van der Waals surface area contributed by atoms with Gasteiger partial charge in [-0.2, -0.15) is 0 Å². The summed E-state index contributed by atoms with van der Waals surface area (Å²) in [7, 11) is 1.69. The smallest absolute Gasteiger partial charge is 0.0713 e. The van der Waals surface area contributed by atoms with Crippen LogP contribution in [0.5, 0.6) is 0 Å². The molecule has 0 atom stereocenters. The van der Waals surface area contributed by atoms with Crippen molar-refractivity contribution in [3.8, 4) is 0 Å². The van der Waals surface area contributed by atoms with Crippen LogP contribution < -0.4 is 5.32 Å². The third kappa shape index (κ3) is 4.43. The molecule has 2 aromatic carbocycles. The molecule has 2 aromatic rings. The monoisotopic (exact) mass is 295 g/mol.